The third kappa shape index (κ3) is 4.63. The second-order valence-corrected chi connectivity index (χ2v) is 7.68. The average molecular weight is 421 g/mol. The maximum atomic E-state index is 12.9. The topological polar surface area (TPSA) is 52.7 Å². The lowest BCUT2D eigenvalue weighted by atomic mass is 10.1. The number of likely N-dealkylation sites (tertiary alicyclic amines) is 2. The second kappa shape index (κ2) is 9.27. The molecule has 0 radical (unpaired) electrons. The van der Waals surface area contributed by atoms with E-state index in [9.17, 15) is 9.59 Å². The van der Waals surface area contributed by atoms with E-state index in [-0.39, 0.29) is 30.3 Å². The first-order chi connectivity index (χ1) is 12.0. The molecule has 2 atom stereocenters. The van der Waals surface area contributed by atoms with Crippen LogP contribution < -0.4 is 5.32 Å². The maximum absolute atomic E-state index is 12.9. The van der Waals surface area contributed by atoms with Crippen LogP contribution in [0.2, 0.25) is 10.0 Å². The van der Waals surface area contributed by atoms with Gasteiger partial charge >= 0.3 is 0 Å². The zero-order chi connectivity index (χ0) is 18.0. The number of carbonyl (C=O) groups is 2. The summed E-state index contributed by atoms with van der Waals surface area (Å²) in [4.78, 5) is 29.4. The first-order valence-electron chi connectivity index (χ1n) is 8.70. The molecule has 0 aliphatic carbocycles. The molecule has 2 heterocycles. The van der Waals surface area contributed by atoms with Crippen molar-refractivity contribution in [1.82, 2.24) is 15.1 Å². The number of nitrogens with zero attached hydrogens (tertiary/aromatic N) is 2. The molecule has 1 N–H and O–H groups in total. The summed E-state index contributed by atoms with van der Waals surface area (Å²) in [5.41, 5.74) is 0.437. The molecule has 26 heavy (non-hydrogen) atoms. The Balaban J connectivity index is 0.00000243. The van der Waals surface area contributed by atoms with Gasteiger partial charge in [-0.3, -0.25) is 9.59 Å². The molecule has 2 saturated heterocycles. The molecular formula is C18H24Cl3N3O2. The summed E-state index contributed by atoms with van der Waals surface area (Å²) in [5.74, 6) is 0.384. The van der Waals surface area contributed by atoms with Gasteiger partial charge in [-0.05, 0) is 57.0 Å². The summed E-state index contributed by atoms with van der Waals surface area (Å²) in [7, 11) is 1.93. The predicted molar refractivity (Wildman–Crippen MR) is 106 cm³/mol. The Bertz CT molecular complexity index is 651. The molecule has 0 spiro atoms. The SMILES string of the molecule is CNCC1CCN(C(=O)C2CCCN2C(=O)c2cc(Cl)cc(Cl)c2)C1.Cl. The van der Waals surface area contributed by atoms with Gasteiger partial charge in [-0.15, -0.1) is 12.4 Å². The Morgan fingerprint density at radius 1 is 1.15 bits per heavy atom. The smallest absolute Gasteiger partial charge is 0.254 e. The minimum atomic E-state index is -0.376. The number of hydrogen-bond donors (Lipinski definition) is 1. The third-order valence-corrected chi connectivity index (χ3v) is 5.43. The molecule has 0 aromatic heterocycles. The van der Waals surface area contributed by atoms with Crippen molar-refractivity contribution in [1.29, 1.82) is 0 Å². The molecule has 1 aromatic carbocycles. The highest BCUT2D eigenvalue weighted by Crippen LogP contribution is 2.27. The largest absolute Gasteiger partial charge is 0.341 e. The van der Waals surface area contributed by atoms with Crippen molar-refractivity contribution in [3.63, 3.8) is 0 Å². The highest BCUT2D eigenvalue weighted by atomic mass is 35.5. The van der Waals surface area contributed by atoms with Gasteiger partial charge in [-0.25, -0.2) is 0 Å². The monoisotopic (exact) mass is 419 g/mol. The van der Waals surface area contributed by atoms with Crippen LogP contribution in [0.4, 0.5) is 0 Å². The highest BCUT2D eigenvalue weighted by molar-refractivity contribution is 6.35. The molecule has 0 saturated carbocycles. The van der Waals surface area contributed by atoms with Gasteiger partial charge in [0, 0.05) is 35.2 Å². The number of amides is 2. The predicted octanol–water partition coefficient (Wildman–Crippen LogP) is 3.09. The van der Waals surface area contributed by atoms with Gasteiger partial charge in [-0.1, -0.05) is 23.2 Å². The lowest BCUT2D eigenvalue weighted by Crippen LogP contribution is -2.47. The van der Waals surface area contributed by atoms with E-state index < -0.39 is 0 Å². The molecule has 1 aromatic rings. The van der Waals surface area contributed by atoms with Crippen LogP contribution in [0.3, 0.4) is 0 Å². The Morgan fingerprint density at radius 3 is 2.50 bits per heavy atom. The van der Waals surface area contributed by atoms with Crippen molar-refractivity contribution >= 4 is 47.4 Å². The van der Waals surface area contributed by atoms with E-state index in [1.165, 1.54) is 0 Å². The number of rotatable bonds is 4. The van der Waals surface area contributed by atoms with Gasteiger partial charge in [0.2, 0.25) is 5.91 Å². The first kappa shape index (κ1) is 21.3. The summed E-state index contributed by atoms with van der Waals surface area (Å²) in [5, 5.41) is 4.02. The summed E-state index contributed by atoms with van der Waals surface area (Å²) in [6.07, 6.45) is 2.56. The van der Waals surface area contributed by atoms with Gasteiger partial charge in [0.05, 0.1) is 0 Å². The van der Waals surface area contributed by atoms with Crippen LogP contribution in [0.15, 0.2) is 18.2 Å². The normalized spacial score (nSPS) is 22.4. The van der Waals surface area contributed by atoms with Crippen LogP contribution in [0.25, 0.3) is 0 Å². The Kier molecular flexibility index (Phi) is 7.59. The lowest BCUT2D eigenvalue weighted by molar-refractivity contribution is -0.134. The molecule has 3 rings (SSSR count). The zero-order valence-corrected chi connectivity index (χ0v) is 17.0. The molecule has 5 nitrogen and oxygen atoms in total. The van der Waals surface area contributed by atoms with E-state index in [4.69, 9.17) is 23.2 Å². The van der Waals surface area contributed by atoms with E-state index in [0.29, 0.717) is 34.5 Å². The maximum Gasteiger partial charge on any atom is 0.254 e. The number of nitrogens with one attached hydrogen (secondary N) is 1. The van der Waals surface area contributed by atoms with Crippen molar-refractivity contribution in [2.75, 3.05) is 33.2 Å². The Labute approximate surface area is 170 Å². The van der Waals surface area contributed by atoms with Gasteiger partial charge in [0.1, 0.15) is 6.04 Å². The van der Waals surface area contributed by atoms with Gasteiger partial charge < -0.3 is 15.1 Å². The van der Waals surface area contributed by atoms with E-state index in [2.05, 4.69) is 5.32 Å². The van der Waals surface area contributed by atoms with Crippen LogP contribution >= 0.6 is 35.6 Å². The zero-order valence-electron chi connectivity index (χ0n) is 14.7. The Hall–Kier alpha value is -1.01. The molecule has 2 unspecified atom stereocenters. The van der Waals surface area contributed by atoms with E-state index in [1.54, 1.807) is 23.1 Å². The fraction of sp³-hybridized carbons (Fsp3) is 0.556. The molecular weight excluding hydrogens is 397 g/mol. The minimum Gasteiger partial charge on any atom is -0.341 e. The van der Waals surface area contributed by atoms with Gasteiger partial charge in [0.15, 0.2) is 0 Å². The quantitative estimate of drug-likeness (QED) is 0.814. The molecule has 2 aliphatic rings. The third-order valence-electron chi connectivity index (χ3n) is 5.00. The number of hydrogen-bond acceptors (Lipinski definition) is 3. The van der Waals surface area contributed by atoms with Crippen molar-refractivity contribution in [2.24, 2.45) is 5.92 Å². The van der Waals surface area contributed by atoms with E-state index in [1.807, 2.05) is 11.9 Å². The van der Waals surface area contributed by atoms with Crippen LogP contribution in [0, 0.1) is 5.92 Å². The number of benzene rings is 1. The average Bonchev–Trinajstić information content (AvgIpc) is 3.22. The van der Waals surface area contributed by atoms with Crippen LogP contribution in [-0.2, 0) is 4.79 Å². The molecule has 2 amide bonds. The number of halogens is 3. The second-order valence-electron chi connectivity index (χ2n) is 6.81. The van der Waals surface area contributed by atoms with Gasteiger partial charge in [-0.2, -0.15) is 0 Å². The molecule has 0 bridgehead atoms. The highest BCUT2D eigenvalue weighted by Gasteiger charge is 2.38. The van der Waals surface area contributed by atoms with Crippen molar-refractivity contribution in [2.45, 2.75) is 25.3 Å². The lowest BCUT2D eigenvalue weighted by Gasteiger charge is -2.28. The number of carbonyl (C=O) groups excluding carboxylic acids is 2. The summed E-state index contributed by atoms with van der Waals surface area (Å²) >= 11 is 12.0. The molecule has 2 aliphatic heterocycles. The van der Waals surface area contributed by atoms with Crippen molar-refractivity contribution in [3.05, 3.63) is 33.8 Å². The van der Waals surface area contributed by atoms with E-state index in [0.717, 1.165) is 32.5 Å². The summed E-state index contributed by atoms with van der Waals surface area (Å²) in [6, 6.07) is 4.43. The summed E-state index contributed by atoms with van der Waals surface area (Å²) < 4.78 is 0. The standard InChI is InChI=1S/C18H23Cl2N3O2.ClH/c1-21-10-12-4-6-22(11-12)18(25)16-3-2-5-23(16)17(24)13-7-14(19)9-15(20)8-13;/h7-9,12,16,21H,2-6,10-11H2,1H3;1H. The van der Waals surface area contributed by atoms with Crippen molar-refractivity contribution < 1.29 is 9.59 Å². The molecule has 8 heteroatoms. The first-order valence-corrected chi connectivity index (χ1v) is 9.45. The van der Waals surface area contributed by atoms with Crippen molar-refractivity contribution in [3.8, 4) is 0 Å². The fourth-order valence-corrected chi connectivity index (χ4v) is 4.33. The van der Waals surface area contributed by atoms with Gasteiger partial charge in [0.25, 0.3) is 5.91 Å². The Morgan fingerprint density at radius 2 is 1.85 bits per heavy atom. The van der Waals surface area contributed by atoms with Crippen LogP contribution in [-0.4, -0.2) is 60.9 Å². The molecule has 2 fully saturated rings. The van der Waals surface area contributed by atoms with Crippen LogP contribution in [0.5, 0.6) is 0 Å². The fourth-order valence-electron chi connectivity index (χ4n) is 3.81. The van der Waals surface area contributed by atoms with E-state index >= 15 is 0 Å². The minimum absolute atomic E-state index is 0. The summed E-state index contributed by atoms with van der Waals surface area (Å²) in [6.45, 7) is 3.04. The van der Waals surface area contributed by atoms with Crippen LogP contribution in [0.1, 0.15) is 29.6 Å². The molecule has 144 valence electrons.